The first-order valence-electron chi connectivity index (χ1n) is 5.96. The van der Waals surface area contributed by atoms with Crippen LogP contribution in [0, 0.1) is 0 Å². The molecule has 0 bridgehead atoms. The third kappa shape index (κ3) is 3.14. The number of nitrogens with zero attached hydrogens (tertiary/aromatic N) is 5. The first-order valence-corrected chi connectivity index (χ1v) is 6.75. The molecule has 0 N–H and O–H groups in total. The van der Waals surface area contributed by atoms with E-state index in [2.05, 4.69) is 31.3 Å². The van der Waals surface area contributed by atoms with Crippen LogP contribution in [0.4, 0.5) is 13.2 Å². The van der Waals surface area contributed by atoms with E-state index in [9.17, 15) is 18.0 Å². The Kier molecular flexibility index (Phi) is 4.17. The fourth-order valence-corrected chi connectivity index (χ4v) is 2.51. The van der Waals surface area contributed by atoms with Crippen molar-refractivity contribution in [3.63, 3.8) is 0 Å². The topological polar surface area (TPSA) is 65.6 Å². The molecule has 114 valence electrons. The molecule has 0 aliphatic carbocycles. The van der Waals surface area contributed by atoms with Gasteiger partial charge in [-0.1, -0.05) is 12.1 Å². The molecule has 0 spiro atoms. The lowest BCUT2D eigenvalue weighted by Gasteiger charge is -2.02. The maximum atomic E-state index is 12.3. The van der Waals surface area contributed by atoms with Gasteiger partial charge in [-0.2, -0.15) is 18.3 Å². The number of hydrogen-bond acceptors (Lipinski definition) is 4. The van der Waals surface area contributed by atoms with Crippen LogP contribution >= 0.6 is 15.9 Å². The number of aromatic nitrogens is 5. The zero-order valence-electron chi connectivity index (χ0n) is 11.1. The van der Waals surface area contributed by atoms with Crippen molar-refractivity contribution in [2.45, 2.75) is 26.1 Å². The monoisotopic (exact) mass is 365 g/mol. The molecule has 2 heterocycles. The average Bonchev–Trinajstić information content (AvgIpc) is 2.96. The van der Waals surface area contributed by atoms with Gasteiger partial charge in [0.15, 0.2) is 5.69 Å². The second-order valence-corrected chi connectivity index (χ2v) is 5.11. The lowest BCUT2D eigenvalue weighted by Crippen LogP contribution is -2.23. The Morgan fingerprint density at radius 1 is 1.43 bits per heavy atom. The van der Waals surface area contributed by atoms with Crippen molar-refractivity contribution in [1.29, 1.82) is 0 Å². The first kappa shape index (κ1) is 15.7. The highest BCUT2D eigenvalue weighted by Crippen LogP contribution is 2.23. The van der Waals surface area contributed by atoms with Gasteiger partial charge in [0.05, 0.1) is 28.6 Å². The summed E-state index contributed by atoms with van der Waals surface area (Å²) >= 11 is 3.40. The van der Waals surface area contributed by atoms with E-state index in [1.165, 1.54) is 4.68 Å². The lowest BCUT2D eigenvalue weighted by molar-refractivity contribution is -0.0888. The number of rotatable bonds is 4. The standard InChI is InChI=1S/C11H11BrF3N5O/c1-3-6-9(12)8(19(2)17-6)5-20-4-7(16-18-20)10(21)11(13,14)15/h4H,3,5H2,1-2H3. The Morgan fingerprint density at radius 3 is 2.62 bits per heavy atom. The van der Waals surface area contributed by atoms with Gasteiger partial charge in [0.1, 0.15) is 0 Å². The van der Waals surface area contributed by atoms with Crippen LogP contribution in [0.5, 0.6) is 0 Å². The summed E-state index contributed by atoms with van der Waals surface area (Å²) in [6, 6.07) is 0. The van der Waals surface area contributed by atoms with Gasteiger partial charge in [-0.05, 0) is 22.4 Å². The molecular formula is C11H11BrF3N5O. The van der Waals surface area contributed by atoms with Crippen molar-refractivity contribution in [1.82, 2.24) is 24.8 Å². The number of aryl methyl sites for hydroxylation is 2. The fraction of sp³-hybridized carbons (Fsp3) is 0.455. The summed E-state index contributed by atoms with van der Waals surface area (Å²) in [6.45, 7) is 2.09. The van der Waals surface area contributed by atoms with E-state index in [1.807, 2.05) is 6.92 Å². The summed E-state index contributed by atoms with van der Waals surface area (Å²) in [5.74, 6) is -2.01. The van der Waals surface area contributed by atoms with E-state index in [1.54, 1.807) is 11.7 Å². The Labute approximate surface area is 126 Å². The Bertz CT molecular complexity index is 676. The number of hydrogen-bond donors (Lipinski definition) is 0. The van der Waals surface area contributed by atoms with Crippen molar-refractivity contribution < 1.29 is 18.0 Å². The highest BCUT2D eigenvalue weighted by atomic mass is 79.9. The number of ketones is 1. The SMILES string of the molecule is CCc1nn(C)c(Cn2cc(C(=O)C(F)(F)F)nn2)c1Br. The van der Waals surface area contributed by atoms with Crippen molar-refractivity contribution in [2.75, 3.05) is 0 Å². The number of alkyl halides is 3. The van der Waals surface area contributed by atoms with Crippen LogP contribution in [0.25, 0.3) is 0 Å². The second kappa shape index (κ2) is 5.58. The molecule has 0 radical (unpaired) electrons. The minimum atomic E-state index is -4.96. The van der Waals surface area contributed by atoms with Crippen LogP contribution in [0.2, 0.25) is 0 Å². The predicted molar refractivity (Wildman–Crippen MR) is 69.8 cm³/mol. The van der Waals surface area contributed by atoms with Crippen LogP contribution in [-0.4, -0.2) is 36.7 Å². The Balaban J connectivity index is 2.24. The van der Waals surface area contributed by atoms with Gasteiger partial charge in [0, 0.05) is 7.05 Å². The molecule has 0 amide bonds. The fourth-order valence-electron chi connectivity index (χ4n) is 1.77. The zero-order valence-corrected chi connectivity index (χ0v) is 12.7. The zero-order chi connectivity index (χ0) is 15.8. The van der Waals surface area contributed by atoms with Gasteiger partial charge in [-0.15, -0.1) is 5.10 Å². The molecule has 0 aliphatic rings. The predicted octanol–water partition coefficient (Wildman–Crippen LogP) is 2.13. The summed E-state index contributed by atoms with van der Waals surface area (Å²) in [6.07, 6.45) is -3.27. The Morgan fingerprint density at radius 2 is 2.10 bits per heavy atom. The van der Waals surface area contributed by atoms with Crippen molar-refractivity contribution in [3.05, 3.63) is 27.8 Å². The van der Waals surface area contributed by atoms with E-state index < -0.39 is 17.7 Å². The summed E-state index contributed by atoms with van der Waals surface area (Å²) in [5, 5.41) is 11.1. The first-order chi connectivity index (χ1) is 9.74. The van der Waals surface area contributed by atoms with E-state index >= 15 is 0 Å². The summed E-state index contributed by atoms with van der Waals surface area (Å²) in [7, 11) is 1.72. The van der Waals surface area contributed by atoms with Gasteiger partial charge < -0.3 is 0 Å². The van der Waals surface area contributed by atoms with Gasteiger partial charge in [0.2, 0.25) is 0 Å². The maximum absolute atomic E-state index is 12.3. The molecule has 2 aromatic rings. The quantitative estimate of drug-likeness (QED) is 0.778. The number of carbonyl (C=O) groups is 1. The molecule has 10 heteroatoms. The van der Waals surface area contributed by atoms with Gasteiger partial charge >= 0.3 is 6.18 Å². The molecule has 0 aliphatic heterocycles. The van der Waals surface area contributed by atoms with E-state index in [0.717, 1.165) is 22.1 Å². The lowest BCUT2D eigenvalue weighted by atomic mass is 10.3. The summed E-state index contributed by atoms with van der Waals surface area (Å²) in [5.41, 5.74) is 0.832. The van der Waals surface area contributed by atoms with Crippen molar-refractivity contribution in [2.24, 2.45) is 7.05 Å². The molecular weight excluding hydrogens is 355 g/mol. The van der Waals surface area contributed by atoms with Crippen molar-refractivity contribution in [3.8, 4) is 0 Å². The Hall–Kier alpha value is -1.71. The summed E-state index contributed by atoms with van der Waals surface area (Å²) in [4.78, 5) is 11.0. The third-order valence-electron chi connectivity index (χ3n) is 2.84. The molecule has 0 fully saturated rings. The highest BCUT2D eigenvalue weighted by Gasteiger charge is 2.41. The van der Waals surface area contributed by atoms with Crippen molar-refractivity contribution >= 4 is 21.7 Å². The molecule has 0 saturated carbocycles. The molecule has 0 saturated heterocycles. The molecule has 0 aromatic carbocycles. The van der Waals surface area contributed by atoms with Crippen LogP contribution in [-0.2, 0) is 20.0 Å². The maximum Gasteiger partial charge on any atom is 0.456 e. The molecule has 6 nitrogen and oxygen atoms in total. The molecule has 2 aromatic heterocycles. The van der Waals surface area contributed by atoms with Crippen LogP contribution in [0.3, 0.4) is 0 Å². The van der Waals surface area contributed by atoms with Gasteiger partial charge in [0.25, 0.3) is 5.78 Å². The van der Waals surface area contributed by atoms with Crippen LogP contribution < -0.4 is 0 Å². The largest absolute Gasteiger partial charge is 0.456 e. The molecule has 0 atom stereocenters. The normalized spacial score (nSPS) is 11.9. The molecule has 0 unspecified atom stereocenters. The van der Waals surface area contributed by atoms with Crippen LogP contribution in [0.1, 0.15) is 28.8 Å². The molecule has 2 rings (SSSR count). The second-order valence-electron chi connectivity index (χ2n) is 4.31. The molecule has 21 heavy (non-hydrogen) atoms. The minimum Gasteiger partial charge on any atom is -0.282 e. The number of carbonyl (C=O) groups excluding carboxylic acids is 1. The average molecular weight is 366 g/mol. The highest BCUT2D eigenvalue weighted by molar-refractivity contribution is 9.10. The van der Waals surface area contributed by atoms with E-state index in [-0.39, 0.29) is 6.54 Å². The van der Waals surface area contributed by atoms with Gasteiger partial charge in [-0.25, -0.2) is 4.68 Å². The van der Waals surface area contributed by atoms with Crippen LogP contribution in [0.15, 0.2) is 10.7 Å². The number of halogens is 4. The number of Topliss-reactive ketones (excluding diaryl/α,β-unsaturated/α-hetero) is 1. The summed E-state index contributed by atoms with van der Waals surface area (Å²) < 4.78 is 40.4. The third-order valence-corrected chi connectivity index (χ3v) is 3.76. The minimum absolute atomic E-state index is 0.155. The van der Waals surface area contributed by atoms with E-state index in [0.29, 0.717) is 6.42 Å². The smallest absolute Gasteiger partial charge is 0.282 e. The van der Waals surface area contributed by atoms with E-state index in [4.69, 9.17) is 0 Å². The van der Waals surface area contributed by atoms with Gasteiger partial charge in [-0.3, -0.25) is 9.48 Å².